The third-order valence-electron chi connectivity index (χ3n) is 5.55. The molecule has 28 heavy (non-hydrogen) atoms. The molecule has 1 fully saturated rings. The first-order valence-electron chi connectivity index (χ1n) is 9.98. The van der Waals surface area contributed by atoms with Crippen LogP contribution in [0.5, 0.6) is 0 Å². The number of hydrogen-bond donors (Lipinski definition) is 0. The maximum Gasteiger partial charge on any atom is 0.227 e. The number of fused-ring (bicyclic) bond motifs is 1. The Labute approximate surface area is 165 Å². The van der Waals surface area contributed by atoms with E-state index >= 15 is 0 Å². The van der Waals surface area contributed by atoms with E-state index in [0.29, 0.717) is 0 Å². The highest BCUT2D eigenvalue weighted by molar-refractivity contribution is 5.66. The predicted octanol–water partition coefficient (Wildman–Crippen LogP) is 3.28. The van der Waals surface area contributed by atoms with Crippen LogP contribution >= 0.6 is 0 Å². The minimum atomic E-state index is 0.821. The summed E-state index contributed by atoms with van der Waals surface area (Å²) in [5, 5.41) is 0. The summed E-state index contributed by atoms with van der Waals surface area (Å²) in [6, 6.07) is 16.7. The number of anilines is 4. The Hall–Kier alpha value is -3.15. The van der Waals surface area contributed by atoms with E-state index in [0.717, 1.165) is 63.1 Å². The minimum absolute atomic E-state index is 0.821. The normalized spacial score (nSPS) is 16.8. The number of rotatable bonds is 3. The standard InChI is InChI=1S/C22H24N6/c1-2-8-19-18(6-1)7-5-13-28(19)21-10-12-24-22(25-21)27-16-14-26(15-17-27)20-9-3-4-11-23-20/h1-4,6,8-12H,5,7,13-17H2. The van der Waals surface area contributed by atoms with Crippen molar-refractivity contribution in [3.8, 4) is 0 Å². The van der Waals surface area contributed by atoms with Crippen LogP contribution in [0, 0.1) is 0 Å². The summed E-state index contributed by atoms with van der Waals surface area (Å²) in [7, 11) is 0. The van der Waals surface area contributed by atoms with Crippen LogP contribution in [0.15, 0.2) is 60.9 Å². The van der Waals surface area contributed by atoms with Crippen molar-refractivity contribution in [1.82, 2.24) is 15.0 Å². The van der Waals surface area contributed by atoms with Crippen LogP contribution in [0.1, 0.15) is 12.0 Å². The molecule has 2 aliphatic heterocycles. The SMILES string of the molecule is c1ccc(N2CCN(c3nccc(N4CCCc5ccccc54)n3)CC2)nc1. The first-order chi connectivity index (χ1) is 13.9. The van der Waals surface area contributed by atoms with Crippen molar-refractivity contribution in [2.24, 2.45) is 0 Å². The maximum absolute atomic E-state index is 4.92. The zero-order valence-corrected chi connectivity index (χ0v) is 15.9. The lowest BCUT2D eigenvalue weighted by Gasteiger charge is -2.36. The predicted molar refractivity (Wildman–Crippen MR) is 112 cm³/mol. The van der Waals surface area contributed by atoms with E-state index in [2.05, 4.69) is 55.0 Å². The Balaban J connectivity index is 1.33. The molecular formula is C22H24N6. The van der Waals surface area contributed by atoms with Crippen molar-refractivity contribution in [2.45, 2.75) is 12.8 Å². The van der Waals surface area contributed by atoms with Crippen molar-refractivity contribution in [2.75, 3.05) is 47.4 Å². The van der Waals surface area contributed by atoms with E-state index in [1.165, 1.54) is 11.3 Å². The Kier molecular flexibility index (Phi) is 4.53. The molecular weight excluding hydrogens is 348 g/mol. The van der Waals surface area contributed by atoms with E-state index in [9.17, 15) is 0 Å². The third-order valence-corrected chi connectivity index (χ3v) is 5.55. The number of nitrogens with zero attached hydrogens (tertiary/aromatic N) is 6. The molecule has 0 radical (unpaired) electrons. The van der Waals surface area contributed by atoms with Crippen molar-refractivity contribution in [3.05, 3.63) is 66.5 Å². The fraction of sp³-hybridized carbons (Fsp3) is 0.318. The van der Waals surface area contributed by atoms with Crippen LogP contribution in [0.2, 0.25) is 0 Å². The Morgan fingerprint density at radius 2 is 1.50 bits per heavy atom. The maximum atomic E-state index is 4.92. The molecule has 5 rings (SSSR count). The highest BCUT2D eigenvalue weighted by Gasteiger charge is 2.22. The minimum Gasteiger partial charge on any atom is -0.353 e. The van der Waals surface area contributed by atoms with Gasteiger partial charge >= 0.3 is 0 Å². The van der Waals surface area contributed by atoms with E-state index in [-0.39, 0.29) is 0 Å². The summed E-state index contributed by atoms with van der Waals surface area (Å²) in [4.78, 5) is 20.9. The second-order valence-electron chi connectivity index (χ2n) is 7.26. The molecule has 6 heteroatoms. The van der Waals surface area contributed by atoms with Crippen LogP contribution in [0.25, 0.3) is 0 Å². The lowest BCUT2D eigenvalue weighted by atomic mass is 10.0. The summed E-state index contributed by atoms with van der Waals surface area (Å²) < 4.78 is 0. The zero-order chi connectivity index (χ0) is 18.8. The molecule has 2 aliphatic rings. The average Bonchev–Trinajstić information content (AvgIpc) is 2.79. The van der Waals surface area contributed by atoms with Crippen molar-refractivity contribution >= 4 is 23.3 Å². The molecule has 4 heterocycles. The van der Waals surface area contributed by atoms with Gasteiger partial charge in [0, 0.05) is 50.8 Å². The van der Waals surface area contributed by atoms with Crippen molar-refractivity contribution < 1.29 is 0 Å². The molecule has 3 aromatic rings. The summed E-state index contributed by atoms with van der Waals surface area (Å²) in [5.74, 6) is 2.85. The van der Waals surface area contributed by atoms with Crippen LogP contribution in [-0.4, -0.2) is 47.7 Å². The lowest BCUT2D eigenvalue weighted by molar-refractivity contribution is 0.634. The second-order valence-corrected chi connectivity index (χ2v) is 7.26. The first kappa shape index (κ1) is 17.0. The molecule has 6 nitrogen and oxygen atoms in total. The molecule has 142 valence electrons. The Morgan fingerprint density at radius 1 is 0.679 bits per heavy atom. The van der Waals surface area contributed by atoms with Crippen LogP contribution in [0.3, 0.4) is 0 Å². The van der Waals surface area contributed by atoms with Gasteiger partial charge in [0.1, 0.15) is 11.6 Å². The highest BCUT2D eigenvalue weighted by Crippen LogP contribution is 2.32. The molecule has 0 saturated carbocycles. The lowest BCUT2D eigenvalue weighted by Crippen LogP contribution is -2.47. The molecule has 2 aromatic heterocycles. The van der Waals surface area contributed by atoms with Crippen molar-refractivity contribution in [1.29, 1.82) is 0 Å². The van der Waals surface area contributed by atoms with Gasteiger partial charge in [-0.25, -0.2) is 9.97 Å². The van der Waals surface area contributed by atoms with E-state index < -0.39 is 0 Å². The summed E-state index contributed by atoms with van der Waals surface area (Å²) in [5.41, 5.74) is 2.68. The van der Waals surface area contributed by atoms with Gasteiger partial charge in [-0.3, -0.25) is 0 Å². The van der Waals surface area contributed by atoms with E-state index in [1.54, 1.807) is 0 Å². The molecule has 1 saturated heterocycles. The zero-order valence-electron chi connectivity index (χ0n) is 15.9. The van der Waals surface area contributed by atoms with E-state index in [1.807, 2.05) is 30.6 Å². The summed E-state index contributed by atoms with van der Waals surface area (Å²) in [6.07, 6.45) is 6.03. The number of hydrogen-bond acceptors (Lipinski definition) is 6. The molecule has 1 aromatic carbocycles. The van der Waals surface area contributed by atoms with Gasteiger partial charge in [0.05, 0.1) is 0 Å². The average molecular weight is 372 g/mol. The van der Waals surface area contributed by atoms with Gasteiger partial charge in [-0.05, 0) is 42.7 Å². The third kappa shape index (κ3) is 3.26. The molecule has 0 spiro atoms. The van der Waals surface area contributed by atoms with Crippen LogP contribution in [0.4, 0.5) is 23.3 Å². The number of para-hydroxylation sites is 1. The first-order valence-corrected chi connectivity index (χ1v) is 9.98. The summed E-state index contributed by atoms with van der Waals surface area (Å²) >= 11 is 0. The molecule has 0 aliphatic carbocycles. The van der Waals surface area contributed by atoms with Gasteiger partial charge in [0.15, 0.2) is 0 Å². The number of piperazine rings is 1. The molecule has 0 bridgehead atoms. The van der Waals surface area contributed by atoms with Gasteiger partial charge < -0.3 is 14.7 Å². The number of benzene rings is 1. The van der Waals surface area contributed by atoms with Gasteiger partial charge in [0.25, 0.3) is 0 Å². The topological polar surface area (TPSA) is 48.4 Å². The fourth-order valence-electron chi connectivity index (χ4n) is 4.09. The van der Waals surface area contributed by atoms with Gasteiger partial charge in [-0.1, -0.05) is 24.3 Å². The monoisotopic (exact) mass is 372 g/mol. The Bertz CT molecular complexity index is 937. The van der Waals surface area contributed by atoms with Crippen LogP contribution in [-0.2, 0) is 6.42 Å². The Morgan fingerprint density at radius 3 is 2.36 bits per heavy atom. The van der Waals surface area contributed by atoms with Gasteiger partial charge in [-0.15, -0.1) is 0 Å². The van der Waals surface area contributed by atoms with Crippen LogP contribution < -0.4 is 14.7 Å². The molecule has 0 unspecified atom stereocenters. The summed E-state index contributed by atoms with van der Waals surface area (Å²) in [6.45, 7) is 4.66. The largest absolute Gasteiger partial charge is 0.353 e. The van der Waals surface area contributed by atoms with Gasteiger partial charge in [-0.2, -0.15) is 4.98 Å². The number of aromatic nitrogens is 3. The quantitative estimate of drug-likeness (QED) is 0.703. The fourth-order valence-corrected chi connectivity index (χ4v) is 4.09. The second kappa shape index (κ2) is 7.46. The highest BCUT2D eigenvalue weighted by atomic mass is 15.3. The molecule has 0 amide bonds. The molecule has 0 atom stereocenters. The number of aryl methyl sites for hydroxylation is 1. The smallest absolute Gasteiger partial charge is 0.227 e. The van der Waals surface area contributed by atoms with Gasteiger partial charge in [0.2, 0.25) is 5.95 Å². The molecule has 0 N–H and O–H groups in total. The van der Waals surface area contributed by atoms with Crippen molar-refractivity contribution in [3.63, 3.8) is 0 Å². The van der Waals surface area contributed by atoms with E-state index in [4.69, 9.17) is 4.98 Å². The number of pyridine rings is 1.